The Morgan fingerprint density at radius 1 is 1.50 bits per heavy atom. The Hall–Kier alpha value is -0.330. The number of benzene rings is 1. The van der Waals surface area contributed by atoms with E-state index in [4.69, 9.17) is 15.6 Å². The molecule has 0 amide bonds. The van der Waals surface area contributed by atoms with Gasteiger partial charge in [-0.15, -0.1) is 0 Å². The lowest BCUT2D eigenvalue weighted by Crippen LogP contribution is -1.99. The Morgan fingerprint density at radius 3 is 2.92 bits per heavy atom. The fraction of sp³-hybridized carbons (Fsp3) is 0.250. The lowest BCUT2D eigenvalue weighted by Gasteiger charge is -2.05. The first-order valence-electron chi connectivity index (χ1n) is 3.46. The Morgan fingerprint density at radius 2 is 2.25 bits per heavy atom. The molecule has 0 radical (unpaired) electrons. The quantitative estimate of drug-likeness (QED) is 0.498. The van der Waals surface area contributed by atoms with Gasteiger partial charge in [-0.05, 0) is 40.8 Å². The Bertz CT molecular complexity index is 265. The summed E-state index contributed by atoms with van der Waals surface area (Å²) >= 11 is 2.20. The van der Waals surface area contributed by atoms with E-state index in [0.717, 1.165) is 9.13 Å². The maximum Gasteiger partial charge on any atom is 0.144 e. The van der Waals surface area contributed by atoms with Gasteiger partial charge >= 0.3 is 0 Å². The van der Waals surface area contributed by atoms with Crippen LogP contribution >= 0.6 is 22.6 Å². The highest BCUT2D eigenvalue weighted by Gasteiger charge is 1.98. The zero-order chi connectivity index (χ0) is 8.97. The van der Waals surface area contributed by atoms with Gasteiger partial charge in [0, 0.05) is 14.8 Å². The van der Waals surface area contributed by atoms with Gasteiger partial charge in [0.25, 0.3) is 0 Å². The van der Waals surface area contributed by atoms with E-state index < -0.39 is 0 Å². The lowest BCUT2D eigenvalue weighted by atomic mass is 10.2. The summed E-state index contributed by atoms with van der Waals surface area (Å²) in [6, 6.07) is 5.70. The third-order valence-corrected chi connectivity index (χ3v) is 2.12. The lowest BCUT2D eigenvalue weighted by molar-refractivity contribution is -0.0110. The number of anilines is 1. The molecule has 1 aromatic carbocycles. The highest BCUT2D eigenvalue weighted by atomic mass is 127. The summed E-state index contributed by atoms with van der Waals surface area (Å²) < 4.78 is 5.94. The number of hydrogen-bond donors (Lipinski definition) is 2. The Labute approximate surface area is 84.7 Å². The summed E-state index contributed by atoms with van der Waals surface area (Å²) in [5, 5.41) is 8.42. The molecule has 0 fully saturated rings. The predicted octanol–water partition coefficient (Wildman–Crippen LogP) is 1.34. The molecular formula is C8H10INO2. The molecule has 0 aliphatic rings. The molecule has 1 rings (SSSR count). The molecule has 0 atom stereocenters. The van der Waals surface area contributed by atoms with Gasteiger partial charge in [-0.1, -0.05) is 0 Å². The normalized spacial score (nSPS) is 10.2. The number of halogens is 1. The molecule has 0 unspecified atom stereocenters. The van der Waals surface area contributed by atoms with E-state index in [2.05, 4.69) is 22.6 Å². The molecule has 1 aromatic rings. The number of nitrogens with two attached hydrogens (primary N) is 1. The summed E-state index contributed by atoms with van der Waals surface area (Å²) in [6.07, 6.45) is 0. The molecule has 0 bridgehead atoms. The van der Waals surface area contributed by atoms with Crippen LogP contribution in [0, 0.1) is 3.57 Å². The zero-order valence-corrected chi connectivity index (χ0v) is 8.61. The van der Waals surface area contributed by atoms with Gasteiger partial charge in [0.1, 0.15) is 6.79 Å². The van der Waals surface area contributed by atoms with Crippen molar-refractivity contribution < 1.29 is 9.84 Å². The zero-order valence-electron chi connectivity index (χ0n) is 6.46. The minimum Gasteiger partial charge on any atom is -0.398 e. The molecule has 0 saturated heterocycles. The molecule has 0 aromatic heterocycles. The molecule has 0 aliphatic carbocycles. The van der Waals surface area contributed by atoms with Crippen molar-refractivity contribution in [2.24, 2.45) is 0 Å². The van der Waals surface area contributed by atoms with E-state index >= 15 is 0 Å². The molecular weight excluding hydrogens is 269 g/mol. The number of nitrogen functional groups attached to an aromatic ring is 1. The molecule has 0 saturated carbocycles. The second-order valence-electron chi connectivity index (χ2n) is 2.32. The Balaban J connectivity index is 2.75. The van der Waals surface area contributed by atoms with Crippen molar-refractivity contribution in [3.63, 3.8) is 0 Å². The van der Waals surface area contributed by atoms with E-state index in [1.807, 2.05) is 18.2 Å². The number of hydrogen-bond acceptors (Lipinski definition) is 3. The van der Waals surface area contributed by atoms with Crippen molar-refractivity contribution in [2.45, 2.75) is 6.61 Å². The molecule has 0 aliphatic heterocycles. The van der Waals surface area contributed by atoms with Crippen LogP contribution in [0.1, 0.15) is 5.56 Å². The summed E-state index contributed by atoms with van der Waals surface area (Å²) in [4.78, 5) is 0. The van der Waals surface area contributed by atoms with Crippen LogP contribution in [0.4, 0.5) is 5.69 Å². The van der Waals surface area contributed by atoms with E-state index in [9.17, 15) is 0 Å². The average Bonchev–Trinajstić information content (AvgIpc) is 2.07. The second-order valence-corrected chi connectivity index (χ2v) is 3.57. The van der Waals surface area contributed by atoms with E-state index in [1.165, 1.54) is 0 Å². The highest BCUT2D eigenvalue weighted by Crippen LogP contribution is 2.16. The van der Waals surface area contributed by atoms with Crippen LogP contribution in [0.3, 0.4) is 0 Å². The minimum absolute atomic E-state index is 0.273. The van der Waals surface area contributed by atoms with Gasteiger partial charge in [0.2, 0.25) is 0 Å². The van der Waals surface area contributed by atoms with Crippen molar-refractivity contribution in [1.82, 2.24) is 0 Å². The van der Waals surface area contributed by atoms with Crippen molar-refractivity contribution in [2.75, 3.05) is 12.5 Å². The number of aliphatic hydroxyl groups excluding tert-OH is 1. The van der Waals surface area contributed by atoms with Crippen molar-refractivity contribution >= 4 is 28.3 Å². The standard InChI is InChI=1S/C8H10INO2/c9-7-1-2-8(10)6(3-7)4-12-5-11/h1-3,11H,4-5,10H2. The maximum atomic E-state index is 8.42. The largest absolute Gasteiger partial charge is 0.398 e. The number of ether oxygens (including phenoxy) is 1. The van der Waals surface area contributed by atoms with Gasteiger partial charge < -0.3 is 15.6 Å². The fourth-order valence-electron chi connectivity index (χ4n) is 0.855. The molecule has 66 valence electrons. The molecule has 12 heavy (non-hydrogen) atoms. The minimum atomic E-state index is -0.273. The first-order chi connectivity index (χ1) is 5.74. The molecule has 3 nitrogen and oxygen atoms in total. The van der Waals surface area contributed by atoms with E-state index in [-0.39, 0.29) is 6.79 Å². The van der Waals surface area contributed by atoms with Gasteiger partial charge in [0.15, 0.2) is 0 Å². The van der Waals surface area contributed by atoms with Gasteiger partial charge in [-0.2, -0.15) is 0 Å². The fourth-order valence-corrected chi connectivity index (χ4v) is 1.41. The third kappa shape index (κ3) is 2.62. The third-order valence-electron chi connectivity index (χ3n) is 1.45. The van der Waals surface area contributed by atoms with Crippen LogP contribution in [0.25, 0.3) is 0 Å². The molecule has 0 heterocycles. The first-order valence-corrected chi connectivity index (χ1v) is 4.54. The van der Waals surface area contributed by atoms with Crippen molar-refractivity contribution in [3.8, 4) is 0 Å². The highest BCUT2D eigenvalue weighted by molar-refractivity contribution is 14.1. The van der Waals surface area contributed by atoms with Crippen LogP contribution in [-0.4, -0.2) is 11.9 Å². The van der Waals surface area contributed by atoms with E-state index in [1.54, 1.807) is 0 Å². The van der Waals surface area contributed by atoms with Crippen LogP contribution < -0.4 is 5.73 Å². The Kier molecular flexibility index (Phi) is 3.77. The van der Waals surface area contributed by atoms with Crippen molar-refractivity contribution in [1.29, 1.82) is 0 Å². The number of rotatable bonds is 3. The second kappa shape index (κ2) is 4.64. The summed E-state index contributed by atoms with van der Waals surface area (Å²) in [6.45, 7) is 0.0874. The monoisotopic (exact) mass is 279 g/mol. The summed E-state index contributed by atoms with van der Waals surface area (Å²) in [5.41, 5.74) is 7.28. The predicted molar refractivity (Wildman–Crippen MR) is 55.4 cm³/mol. The first kappa shape index (κ1) is 9.76. The van der Waals surface area contributed by atoms with Crippen LogP contribution in [-0.2, 0) is 11.3 Å². The van der Waals surface area contributed by atoms with Gasteiger partial charge in [-0.25, -0.2) is 0 Å². The molecule has 4 heteroatoms. The summed E-state index contributed by atoms with van der Waals surface area (Å²) in [5.74, 6) is 0. The average molecular weight is 279 g/mol. The van der Waals surface area contributed by atoms with Crippen LogP contribution in [0.2, 0.25) is 0 Å². The van der Waals surface area contributed by atoms with Crippen LogP contribution in [0.15, 0.2) is 18.2 Å². The van der Waals surface area contributed by atoms with Crippen molar-refractivity contribution in [3.05, 3.63) is 27.3 Å². The topological polar surface area (TPSA) is 55.5 Å². The summed E-state index contributed by atoms with van der Waals surface area (Å²) in [7, 11) is 0. The van der Waals surface area contributed by atoms with Crippen LogP contribution in [0.5, 0.6) is 0 Å². The molecule has 0 spiro atoms. The van der Waals surface area contributed by atoms with E-state index in [0.29, 0.717) is 12.3 Å². The maximum absolute atomic E-state index is 8.42. The number of aliphatic hydroxyl groups is 1. The van der Waals surface area contributed by atoms with Gasteiger partial charge in [0.05, 0.1) is 6.61 Å². The smallest absolute Gasteiger partial charge is 0.144 e. The molecule has 3 N–H and O–H groups in total. The van der Waals surface area contributed by atoms with Gasteiger partial charge in [-0.3, -0.25) is 0 Å². The SMILES string of the molecule is Nc1ccc(I)cc1COCO.